The van der Waals surface area contributed by atoms with Crippen LogP contribution in [0.3, 0.4) is 0 Å². The van der Waals surface area contributed by atoms with Gasteiger partial charge in [0, 0.05) is 24.7 Å². The van der Waals surface area contributed by atoms with Gasteiger partial charge in [0.05, 0.1) is 11.9 Å². The van der Waals surface area contributed by atoms with Crippen molar-refractivity contribution in [1.29, 1.82) is 0 Å². The summed E-state index contributed by atoms with van der Waals surface area (Å²) < 4.78 is 0. The van der Waals surface area contributed by atoms with Crippen LogP contribution in [-0.4, -0.2) is 45.0 Å². The molecule has 1 aliphatic rings. The first-order chi connectivity index (χ1) is 15.3. The molecule has 0 spiro atoms. The molecule has 0 saturated carbocycles. The number of nitrogen functional groups attached to an aromatic ring is 2. The number of aryl methyl sites for hydroxylation is 1. The van der Waals surface area contributed by atoms with E-state index in [4.69, 9.17) is 17.2 Å². The summed E-state index contributed by atoms with van der Waals surface area (Å²) >= 11 is 0. The molecular formula is C21H25N9O2. The number of carbonyl (C=O) groups excluding carboxylic acids is 1. The lowest BCUT2D eigenvalue weighted by Crippen LogP contribution is -2.43. The Hall–Kier alpha value is -3.99. The first kappa shape index (κ1) is 21.2. The van der Waals surface area contributed by atoms with E-state index in [1.54, 1.807) is 0 Å². The highest BCUT2D eigenvalue weighted by Crippen LogP contribution is 2.29. The standard InChI is InChI=1S/C21H25N9O2/c1-11-5-2-3-7-13(11)15-17(23)27-18(24)16(26-15)20(31)28-19-14(9-25-21(32)29-19)30-8-4-6-12(22)10-30/h2-3,5,7,9,12H,4,6,8,10,22H2,1H3,(H4,23,24,27)(H2,25,28,29,31,32). The predicted molar refractivity (Wildman–Crippen MR) is 123 cm³/mol. The van der Waals surface area contributed by atoms with Crippen LogP contribution < -0.4 is 33.1 Å². The van der Waals surface area contributed by atoms with Crippen LogP contribution in [-0.2, 0) is 0 Å². The van der Waals surface area contributed by atoms with Gasteiger partial charge in [0.1, 0.15) is 11.5 Å². The Morgan fingerprint density at radius 3 is 2.75 bits per heavy atom. The van der Waals surface area contributed by atoms with Crippen molar-refractivity contribution in [2.45, 2.75) is 25.8 Å². The van der Waals surface area contributed by atoms with Crippen molar-refractivity contribution in [2.75, 3.05) is 34.8 Å². The van der Waals surface area contributed by atoms with E-state index >= 15 is 0 Å². The van der Waals surface area contributed by atoms with Crippen molar-refractivity contribution in [3.63, 3.8) is 0 Å². The molecule has 4 rings (SSSR count). The van der Waals surface area contributed by atoms with Crippen molar-refractivity contribution in [2.24, 2.45) is 5.73 Å². The lowest BCUT2D eigenvalue weighted by atomic mass is 10.1. The minimum atomic E-state index is -0.630. The molecule has 1 saturated heterocycles. The maximum atomic E-state index is 13.1. The summed E-state index contributed by atoms with van der Waals surface area (Å²) in [5.74, 6) is -0.433. The number of piperidine rings is 1. The number of benzene rings is 1. The minimum absolute atomic E-state index is 0.00508. The number of amides is 1. The zero-order valence-corrected chi connectivity index (χ0v) is 17.6. The highest BCUT2D eigenvalue weighted by atomic mass is 16.2. The second kappa shape index (κ2) is 8.63. The minimum Gasteiger partial charge on any atom is -0.382 e. The topological polar surface area (TPSA) is 182 Å². The van der Waals surface area contributed by atoms with Crippen LogP contribution in [0.2, 0.25) is 0 Å². The molecule has 3 aromatic rings. The molecule has 11 nitrogen and oxygen atoms in total. The van der Waals surface area contributed by atoms with E-state index in [2.05, 4.69) is 25.3 Å². The van der Waals surface area contributed by atoms with Crippen LogP contribution in [0, 0.1) is 6.92 Å². The van der Waals surface area contributed by atoms with E-state index in [1.807, 2.05) is 36.1 Å². The van der Waals surface area contributed by atoms with Gasteiger partial charge in [-0.15, -0.1) is 0 Å². The molecular weight excluding hydrogens is 410 g/mol. The fourth-order valence-electron chi connectivity index (χ4n) is 3.79. The fraction of sp³-hybridized carbons (Fsp3) is 0.286. The number of anilines is 4. The average molecular weight is 435 g/mol. The van der Waals surface area contributed by atoms with Crippen molar-refractivity contribution < 1.29 is 4.79 Å². The van der Waals surface area contributed by atoms with Gasteiger partial charge in [-0.2, -0.15) is 4.98 Å². The highest BCUT2D eigenvalue weighted by Gasteiger charge is 2.23. The largest absolute Gasteiger partial charge is 0.382 e. The number of rotatable bonds is 4. The first-order valence-corrected chi connectivity index (χ1v) is 10.2. The molecule has 8 N–H and O–H groups in total. The van der Waals surface area contributed by atoms with E-state index in [0.29, 0.717) is 17.9 Å². The van der Waals surface area contributed by atoms with Gasteiger partial charge in [-0.1, -0.05) is 24.3 Å². The lowest BCUT2D eigenvalue weighted by molar-refractivity contribution is 0.102. The predicted octanol–water partition coefficient (Wildman–Crippen LogP) is 0.880. The number of nitrogens with one attached hydrogen (secondary N) is 2. The number of hydrogen-bond donors (Lipinski definition) is 5. The second-order valence-corrected chi connectivity index (χ2v) is 7.76. The van der Waals surface area contributed by atoms with E-state index in [9.17, 15) is 9.59 Å². The summed E-state index contributed by atoms with van der Waals surface area (Å²) in [5, 5.41) is 2.69. The Balaban J connectivity index is 1.69. The van der Waals surface area contributed by atoms with E-state index in [-0.39, 0.29) is 29.2 Å². The molecule has 0 bridgehead atoms. The summed E-state index contributed by atoms with van der Waals surface area (Å²) in [5.41, 5.74) is 20.0. The van der Waals surface area contributed by atoms with Crippen molar-refractivity contribution in [3.05, 3.63) is 52.2 Å². The second-order valence-electron chi connectivity index (χ2n) is 7.76. The van der Waals surface area contributed by atoms with Gasteiger partial charge in [-0.25, -0.2) is 14.8 Å². The Kier molecular flexibility index (Phi) is 5.73. The number of aromatic nitrogens is 4. The van der Waals surface area contributed by atoms with E-state index in [0.717, 1.165) is 30.5 Å². The zero-order chi connectivity index (χ0) is 22.8. The molecule has 0 aliphatic carbocycles. The van der Waals surface area contributed by atoms with Gasteiger partial charge in [0.25, 0.3) is 5.91 Å². The molecule has 3 heterocycles. The molecule has 1 amide bonds. The van der Waals surface area contributed by atoms with Gasteiger partial charge >= 0.3 is 5.69 Å². The summed E-state index contributed by atoms with van der Waals surface area (Å²) in [7, 11) is 0. The van der Waals surface area contributed by atoms with Gasteiger partial charge < -0.3 is 27.4 Å². The third-order valence-corrected chi connectivity index (χ3v) is 5.39. The highest BCUT2D eigenvalue weighted by molar-refractivity contribution is 6.07. The molecule has 2 aromatic heterocycles. The quantitative estimate of drug-likeness (QED) is 0.397. The molecule has 1 aliphatic heterocycles. The molecule has 1 unspecified atom stereocenters. The third kappa shape index (κ3) is 4.23. The van der Waals surface area contributed by atoms with Gasteiger partial charge in [0.2, 0.25) is 0 Å². The van der Waals surface area contributed by atoms with Crippen LogP contribution in [0.4, 0.5) is 23.1 Å². The molecule has 11 heteroatoms. The maximum absolute atomic E-state index is 13.1. The smallest absolute Gasteiger partial charge is 0.346 e. The number of carbonyl (C=O) groups is 1. The molecule has 166 valence electrons. The monoisotopic (exact) mass is 435 g/mol. The van der Waals surface area contributed by atoms with Crippen molar-refractivity contribution >= 4 is 29.0 Å². The van der Waals surface area contributed by atoms with Crippen molar-refractivity contribution in [3.8, 4) is 11.3 Å². The normalized spacial score (nSPS) is 16.1. The Morgan fingerprint density at radius 1 is 1.22 bits per heavy atom. The zero-order valence-electron chi connectivity index (χ0n) is 17.6. The Labute approximate surface area is 184 Å². The number of nitrogens with zero attached hydrogens (tertiary/aromatic N) is 4. The van der Waals surface area contributed by atoms with Crippen LogP contribution in [0.25, 0.3) is 11.3 Å². The van der Waals surface area contributed by atoms with Crippen LogP contribution in [0.5, 0.6) is 0 Å². The number of aromatic amines is 1. The molecule has 1 aromatic carbocycles. The maximum Gasteiger partial charge on any atom is 0.346 e. The summed E-state index contributed by atoms with van der Waals surface area (Å²) in [4.78, 5) is 41.8. The van der Waals surface area contributed by atoms with Crippen LogP contribution in [0.15, 0.2) is 35.3 Å². The third-order valence-electron chi connectivity index (χ3n) is 5.39. The first-order valence-electron chi connectivity index (χ1n) is 10.2. The SMILES string of the molecule is Cc1ccccc1-c1nc(C(=O)Nc2[nH]c(=O)ncc2N2CCCC(N)C2)c(N)nc1N. The number of hydrogen-bond acceptors (Lipinski definition) is 9. The lowest BCUT2D eigenvalue weighted by Gasteiger charge is -2.33. The molecule has 0 radical (unpaired) electrons. The van der Waals surface area contributed by atoms with E-state index < -0.39 is 11.6 Å². The fourth-order valence-corrected chi connectivity index (χ4v) is 3.79. The van der Waals surface area contributed by atoms with Crippen molar-refractivity contribution in [1.82, 2.24) is 19.9 Å². The number of nitrogens with two attached hydrogens (primary N) is 3. The summed E-state index contributed by atoms with van der Waals surface area (Å²) in [6.07, 6.45) is 3.22. The average Bonchev–Trinajstić information content (AvgIpc) is 2.74. The Bertz CT molecular complexity index is 1220. The van der Waals surface area contributed by atoms with E-state index in [1.165, 1.54) is 6.20 Å². The summed E-state index contributed by atoms with van der Waals surface area (Å²) in [6, 6.07) is 7.47. The van der Waals surface area contributed by atoms with Crippen LogP contribution in [0.1, 0.15) is 28.9 Å². The molecule has 1 atom stereocenters. The van der Waals surface area contributed by atoms with Gasteiger partial charge in [-0.05, 0) is 25.3 Å². The summed E-state index contributed by atoms with van der Waals surface area (Å²) in [6.45, 7) is 3.22. The van der Waals surface area contributed by atoms with Crippen LogP contribution >= 0.6 is 0 Å². The van der Waals surface area contributed by atoms with Gasteiger partial charge in [-0.3, -0.25) is 9.78 Å². The Morgan fingerprint density at radius 2 is 2.00 bits per heavy atom. The van der Waals surface area contributed by atoms with Gasteiger partial charge in [0.15, 0.2) is 17.3 Å². The molecule has 1 fully saturated rings. The number of H-pyrrole nitrogens is 1. The molecule has 32 heavy (non-hydrogen) atoms.